The molecule has 1 aromatic heterocycles. The van der Waals surface area contributed by atoms with Gasteiger partial charge in [-0.05, 0) is 70.9 Å². The summed E-state index contributed by atoms with van der Waals surface area (Å²) in [7, 11) is 0. The average molecular weight is 623 g/mol. The van der Waals surface area contributed by atoms with Crippen LogP contribution in [0.3, 0.4) is 0 Å². The van der Waals surface area contributed by atoms with E-state index < -0.39 is 17.7 Å². The first-order valence-electron chi connectivity index (χ1n) is 15.4. The number of carbonyl (C=O) groups excluding carboxylic acids is 2. The number of nitrogens with zero attached hydrogens (tertiary/aromatic N) is 4. The van der Waals surface area contributed by atoms with Crippen molar-refractivity contribution in [3.05, 3.63) is 46.8 Å². The lowest BCUT2D eigenvalue weighted by Gasteiger charge is -2.52. The second-order valence-corrected chi connectivity index (χ2v) is 12.4. The van der Waals surface area contributed by atoms with E-state index in [4.69, 9.17) is 5.10 Å². The molecule has 2 N–H and O–H groups in total. The van der Waals surface area contributed by atoms with Gasteiger partial charge in [0, 0.05) is 37.4 Å². The first kappa shape index (κ1) is 34.4. The van der Waals surface area contributed by atoms with Crippen LogP contribution in [-0.4, -0.2) is 73.8 Å². The molecule has 0 radical (unpaired) electrons. The van der Waals surface area contributed by atoms with Crippen molar-refractivity contribution >= 4 is 36.6 Å². The fourth-order valence-electron chi connectivity index (χ4n) is 7.10. The number of aromatic nitrogens is 2. The third kappa shape index (κ3) is 6.67. The minimum absolute atomic E-state index is 0. The molecule has 2 atom stereocenters. The monoisotopic (exact) mass is 621 g/mol. The van der Waals surface area contributed by atoms with Crippen LogP contribution in [0.4, 0.5) is 0 Å². The summed E-state index contributed by atoms with van der Waals surface area (Å²) in [6.07, 6.45) is 7.40. The van der Waals surface area contributed by atoms with Crippen molar-refractivity contribution in [2.45, 2.75) is 110 Å². The topological polar surface area (TPSA) is 90.7 Å². The number of piperidine rings is 1. The molecule has 2 saturated heterocycles. The Morgan fingerprint density at radius 2 is 1.67 bits per heavy atom. The van der Waals surface area contributed by atoms with E-state index in [1.54, 1.807) is 0 Å². The molecular formula is C32H49Cl2N5O3. The number of unbranched alkanes of at least 4 members (excludes halogenated alkanes) is 1. The van der Waals surface area contributed by atoms with Crippen LogP contribution in [0.25, 0.3) is 5.69 Å². The predicted octanol–water partition coefficient (Wildman–Crippen LogP) is 5.04. The van der Waals surface area contributed by atoms with Gasteiger partial charge >= 0.3 is 0 Å². The molecule has 1 saturated carbocycles. The van der Waals surface area contributed by atoms with Crippen LogP contribution in [0.1, 0.15) is 87.2 Å². The summed E-state index contributed by atoms with van der Waals surface area (Å²) in [4.78, 5) is 31.9. The van der Waals surface area contributed by atoms with E-state index in [1.807, 2.05) is 9.58 Å². The van der Waals surface area contributed by atoms with Crippen molar-refractivity contribution in [2.75, 3.05) is 19.6 Å². The molecule has 2 amide bonds. The summed E-state index contributed by atoms with van der Waals surface area (Å²) in [5, 5.41) is 19.1. The van der Waals surface area contributed by atoms with Crippen molar-refractivity contribution in [3.63, 3.8) is 0 Å². The second kappa shape index (κ2) is 14.6. The summed E-state index contributed by atoms with van der Waals surface area (Å²) < 4.78 is 2.02. The number of amides is 2. The number of nitrogens with one attached hydrogen (secondary N) is 1. The lowest BCUT2D eigenvalue weighted by atomic mass is 9.78. The number of rotatable bonds is 8. The first-order chi connectivity index (χ1) is 19.2. The van der Waals surface area contributed by atoms with E-state index in [0.29, 0.717) is 19.4 Å². The van der Waals surface area contributed by atoms with Gasteiger partial charge in [0.1, 0.15) is 11.6 Å². The quantitative estimate of drug-likeness (QED) is 0.431. The normalized spacial score (nSPS) is 21.9. The van der Waals surface area contributed by atoms with Gasteiger partial charge in [0.15, 0.2) is 0 Å². The molecular weight excluding hydrogens is 573 g/mol. The molecule has 5 rings (SSSR count). The zero-order chi connectivity index (χ0) is 28.4. The molecule has 42 heavy (non-hydrogen) atoms. The van der Waals surface area contributed by atoms with Crippen molar-refractivity contribution in [1.82, 2.24) is 24.9 Å². The largest absolute Gasteiger partial charge is 0.390 e. The Kier molecular flexibility index (Phi) is 11.9. The molecule has 3 heterocycles. The van der Waals surface area contributed by atoms with Gasteiger partial charge in [-0.2, -0.15) is 5.10 Å². The van der Waals surface area contributed by atoms with Gasteiger partial charge in [-0.25, -0.2) is 4.68 Å². The molecule has 2 aromatic rings. The van der Waals surface area contributed by atoms with E-state index in [-0.39, 0.29) is 42.5 Å². The molecule has 0 bridgehead atoms. The zero-order valence-corrected chi connectivity index (χ0v) is 27.2. The highest BCUT2D eigenvalue weighted by atomic mass is 35.5. The number of aliphatic hydroxyl groups excluding tert-OH is 1. The third-order valence-corrected chi connectivity index (χ3v) is 9.75. The summed E-state index contributed by atoms with van der Waals surface area (Å²) in [5.41, 5.74) is 4.83. The Morgan fingerprint density at radius 1 is 1.02 bits per heavy atom. The van der Waals surface area contributed by atoms with Gasteiger partial charge in [-0.15, -0.1) is 24.8 Å². The van der Waals surface area contributed by atoms with Gasteiger partial charge in [0.2, 0.25) is 11.8 Å². The second-order valence-electron chi connectivity index (χ2n) is 12.4. The Bertz CT molecular complexity index is 1200. The van der Waals surface area contributed by atoms with Gasteiger partial charge in [-0.3, -0.25) is 14.5 Å². The number of halogens is 2. The standard InChI is InChI=1S/C32H47N5O3.2ClH/c1-5-6-18-36-30(39)28(29(38)25-10-8-7-9-11-25)33-31(40)32(36)16-19-35(20-17-32)21-27-23(3)34-37(24(27)4)26-14-12-22(2)13-15-26;;/h12-15,25,28-29,38H,5-11,16-21H2,1-4H3,(H,33,40);2*1H/t28-,29-;;/m1../s1. The Hall–Kier alpha value is -2.13. The van der Waals surface area contributed by atoms with E-state index in [9.17, 15) is 14.7 Å². The van der Waals surface area contributed by atoms with Crippen LogP contribution in [0.15, 0.2) is 24.3 Å². The fraction of sp³-hybridized carbons (Fsp3) is 0.656. The molecule has 234 valence electrons. The maximum atomic E-state index is 13.9. The minimum atomic E-state index is -0.832. The highest BCUT2D eigenvalue weighted by Crippen LogP contribution is 2.37. The summed E-state index contributed by atoms with van der Waals surface area (Å²) >= 11 is 0. The Morgan fingerprint density at radius 3 is 2.29 bits per heavy atom. The molecule has 10 heteroatoms. The molecule has 3 fully saturated rings. The van der Waals surface area contributed by atoms with Gasteiger partial charge < -0.3 is 15.3 Å². The van der Waals surface area contributed by atoms with Crippen LogP contribution >= 0.6 is 24.8 Å². The predicted molar refractivity (Wildman–Crippen MR) is 171 cm³/mol. The van der Waals surface area contributed by atoms with Gasteiger partial charge in [-0.1, -0.05) is 50.3 Å². The smallest absolute Gasteiger partial charge is 0.248 e. The Balaban J connectivity index is 0.00000242. The molecule has 3 aliphatic rings. The number of benzene rings is 1. The molecule has 8 nitrogen and oxygen atoms in total. The van der Waals surface area contributed by atoms with Crippen molar-refractivity contribution in [1.29, 1.82) is 0 Å². The summed E-state index contributed by atoms with van der Waals surface area (Å²) in [5.74, 6) is -0.0906. The molecule has 1 spiro atoms. The fourth-order valence-corrected chi connectivity index (χ4v) is 7.10. The molecule has 1 aromatic carbocycles. The van der Waals surface area contributed by atoms with Crippen molar-refractivity contribution in [3.8, 4) is 5.69 Å². The molecule has 1 aliphatic carbocycles. The van der Waals surface area contributed by atoms with Crippen LogP contribution < -0.4 is 5.32 Å². The van der Waals surface area contributed by atoms with Gasteiger partial charge in [0.25, 0.3) is 0 Å². The van der Waals surface area contributed by atoms with Gasteiger partial charge in [0.05, 0.1) is 17.5 Å². The van der Waals surface area contributed by atoms with Crippen molar-refractivity contribution in [2.24, 2.45) is 5.92 Å². The Labute approximate surface area is 263 Å². The third-order valence-electron chi connectivity index (χ3n) is 9.75. The highest BCUT2D eigenvalue weighted by Gasteiger charge is 2.55. The van der Waals surface area contributed by atoms with Crippen LogP contribution in [0, 0.1) is 26.7 Å². The van der Waals surface area contributed by atoms with E-state index >= 15 is 0 Å². The minimum Gasteiger partial charge on any atom is -0.390 e. The number of aliphatic hydroxyl groups is 1. The van der Waals surface area contributed by atoms with E-state index in [0.717, 1.165) is 75.2 Å². The number of carbonyl (C=O) groups is 2. The number of aryl methyl sites for hydroxylation is 2. The number of piperazine rings is 1. The van der Waals surface area contributed by atoms with E-state index in [2.05, 4.69) is 62.2 Å². The maximum absolute atomic E-state index is 13.9. The van der Waals surface area contributed by atoms with Crippen LogP contribution in [-0.2, 0) is 16.1 Å². The van der Waals surface area contributed by atoms with Crippen molar-refractivity contribution < 1.29 is 14.7 Å². The molecule has 2 aliphatic heterocycles. The summed E-state index contributed by atoms with van der Waals surface area (Å²) in [6, 6.07) is 7.59. The van der Waals surface area contributed by atoms with E-state index in [1.165, 1.54) is 17.5 Å². The average Bonchev–Trinajstić information content (AvgIpc) is 3.25. The number of hydrogen-bond donors (Lipinski definition) is 2. The molecule has 0 unspecified atom stereocenters. The lowest BCUT2D eigenvalue weighted by Crippen LogP contribution is -2.75. The first-order valence-corrected chi connectivity index (χ1v) is 15.4. The number of likely N-dealkylation sites (tertiary alicyclic amines) is 1. The zero-order valence-electron chi connectivity index (χ0n) is 25.6. The van der Waals surface area contributed by atoms with Crippen LogP contribution in [0.5, 0.6) is 0 Å². The maximum Gasteiger partial charge on any atom is 0.248 e. The highest BCUT2D eigenvalue weighted by molar-refractivity contribution is 6.00. The number of hydrogen-bond acceptors (Lipinski definition) is 5. The summed E-state index contributed by atoms with van der Waals surface area (Å²) in [6.45, 7) is 11.2. The van der Waals surface area contributed by atoms with Crippen LogP contribution in [0.2, 0.25) is 0 Å². The lowest BCUT2D eigenvalue weighted by molar-refractivity contribution is -0.166. The SMILES string of the molecule is CCCCN1C(=O)[C@@H]([C@H](O)C2CCCCC2)NC(=O)C12CCN(Cc1c(C)nn(-c3ccc(C)cc3)c1C)CC2.Cl.Cl.